The molecule has 1 N–H and O–H groups in total. The van der Waals surface area contributed by atoms with Crippen LogP contribution in [0.15, 0.2) is 42.7 Å². The summed E-state index contributed by atoms with van der Waals surface area (Å²) >= 11 is 6.38. The first-order valence-corrected chi connectivity index (χ1v) is 21.2. The molecule has 5 fully saturated rings. The number of nitrogens with one attached hydrogen (secondary N) is 1. The fraction of sp³-hybridized carbons (Fsp3) is 0.512. The number of imide groups is 2. The van der Waals surface area contributed by atoms with Crippen LogP contribution >= 0.6 is 11.6 Å². The Morgan fingerprint density at radius 3 is 2.24 bits per heavy atom. The summed E-state index contributed by atoms with van der Waals surface area (Å²) in [5, 5.41) is 12.0. The molecule has 4 amide bonds. The minimum atomic E-state index is -1.09. The van der Waals surface area contributed by atoms with Gasteiger partial charge in [0.05, 0.1) is 52.0 Å². The molecule has 0 aliphatic carbocycles. The molecule has 59 heavy (non-hydrogen) atoms. The predicted molar refractivity (Wildman–Crippen MR) is 219 cm³/mol. The summed E-state index contributed by atoms with van der Waals surface area (Å²) in [5.74, 6) is -2.22. The molecule has 2 aromatic carbocycles. The zero-order valence-electron chi connectivity index (χ0n) is 33.2. The molecular weight excluding hydrogens is 775 g/mol. The highest BCUT2D eigenvalue weighted by Crippen LogP contribution is 2.46. The SMILES string of the molecule is C[C@H]1CC2(CCN(c3cnc(CN4CCN(C5CCN(c6cc7c(cc6F)C(=O)N(C6CCC(=O)NC6=O)C7=O)CC5)CC4)nc3)CC2)CN1c1ccc(C#N)c(Cl)c1. The third kappa shape index (κ3) is 7.51. The number of piperidine rings is 3. The number of nitriles is 1. The van der Waals surface area contributed by atoms with E-state index < -0.39 is 35.5 Å². The maximum Gasteiger partial charge on any atom is 0.262 e. The average Bonchev–Trinajstić information content (AvgIpc) is 3.68. The zero-order valence-corrected chi connectivity index (χ0v) is 34.0. The highest BCUT2D eigenvalue weighted by molar-refractivity contribution is 6.32. The first kappa shape index (κ1) is 39.3. The Balaban J connectivity index is 0.730. The largest absolute Gasteiger partial charge is 0.369 e. The van der Waals surface area contributed by atoms with Gasteiger partial charge in [0.2, 0.25) is 11.8 Å². The summed E-state index contributed by atoms with van der Waals surface area (Å²) in [6.07, 6.45) is 9.05. The maximum atomic E-state index is 15.5. The molecule has 5 saturated heterocycles. The van der Waals surface area contributed by atoms with E-state index in [0.717, 1.165) is 106 Å². The molecule has 6 aliphatic heterocycles. The van der Waals surface area contributed by atoms with E-state index in [0.29, 0.717) is 42.3 Å². The van der Waals surface area contributed by atoms with Crippen LogP contribution in [-0.4, -0.2) is 125 Å². The number of aromatic nitrogens is 2. The quantitative estimate of drug-likeness (QED) is 0.341. The van der Waals surface area contributed by atoms with Crippen molar-refractivity contribution in [3.05, 3.63) is 76.1 Å². The van der Waals surface area contributed by atoms with Gasteiger partial charge in [0.1, 0.15) is 23.8 Å². The van der Waals surface area contributed by atoms with Crippen molar-refractivity contribution >= 4 is 52.3 Å². The molecule has 6 aliphatic rings. The molecular formula is C43H48ClFN10O4. The third-order valence-electron chi connectivity index (χ3n) is 13.7. The van der Waals surface area contributed by atoms with Crippen LogP contribution in [0.2, 0.25) is 5.02 Å². The molecule has 1 spiro atoms. The highest BCUT2D eigenvalue weighted by Gasteiger charge is 2.46. The molecule has 9 rings (SSSR count). The van der Waals surface area contributed by atoms with Crippen molar-refractivity contribution < 1.29 is 23.6 Å². The number of hydrogen-bond donors (Lipinski definition) is 1. The fourth-order valence-electron chi connectivity index (χ4n) is 10.3. The van der Waals surface area contributed by atoms with E-state index in [2.05, 4.69) is 37.9 Å². The van der Waals surface area contributed by atoms with Crippen molar-refractivity contribution in [2.24, 2.45) is 5.41 Å². The van der Waals surface area contributed by atoms with E-state index >= 15 is 4.39 Å². The Morgan fingerprint density at radius 1 is 0.881 bits per heavy atom. The summed E-state index contributed by atoms with van der Waals surface area (Å²) in [6, 6.07) is 10.2. The molecule has 308 valence electrons. The van der Waals surface area contributed by atoms with Crippen LogP contribution in [0.5, 0.6) is 0 Å². The van der Waals surface area contributed by atoms with Crippen LogP contribution in [0.1, 0.15) is 84.0 Å². The highest BCUT2D eigenvalue weighted by atomic mass is 35.5. The summed E-state index contributed by atoms with van der Waals surface area (Å²) in [7, 11) is 0. The molecule has 0 saturated carbocycles. The van der Waals surface area contributed by atoms with Gasteiger partial charge in [-0.05, 0) is 81.2 Å². The first-order valence-electron chi connectivity index (χ1n) is 20.8. The Morgan fingerprint density at radius 2 is 1.58 bits per heavy atom. The molecule has 1 unspecified atom stereocenters. The second kappa shape index (κ2) is 15.8. The van der Waals surface area contributed by atoms with E-state index in [1.165, 1.54) is 6.07 Å². The van der Waals surface area contributed by atoms with E-state index in [-0.39, 0.29) is 35.1 Å². The van der Waals surface area contributed by atoms with Crippen LogP contribution in [0.3, 0.4) is 0 Å². The van der Waals surface area contributed by atoms with Crippen LogP contribution in [-0.2, 0) is 16.1 Å². The van der Waals surface area contributed by atoms with Gasteiger partial charge in [0.25, 0.3) is 11.8 Å². The minimum absolute atomic E-state index is 0.0255. The minimum Gasteiger partial charge on any atom is -0.369 e. The summed E-state index contributed by atoms with van der Waals surface area (Å²) in [6.45, 7) is 10.8. The Hall–Kier alpha value is -5.17. The summed E-state index contributed by atoms with van der Waals surface area (Å²) in [5.41, 5.74) is 3.24. The van der Waals surface area contributed by atoms with Crippen molar-refractivity contribution in [1.29, 1.82) is 5.26 Å². The molecule has 7 heterocycles. The third-order valence-corrected chi connectivity index (χ3v) is 14.0. The molecule has 16 heteroatoms. The van der Waals surface area contributed by atoms with Crippen LogP contribution in [0.25, 0.3) is 0 Å². The molecule has 14 nitrogen and oxygen atoms in total. The monoisotopic (exact) mass is 822 g/mol. The van der Waals surface area contributed by atoms with E-state index in [1.807, 2.05) is 35.5 Å². The maximum absolute atomic E-state index is 15.5. The van der Waals surface area contributed by atoms with Gasteiger partial charge >= 0.3 is 0 Å². The van der Waals surface area contributed by atoms with Crippen LogP contribution in [0, 0.1) is 22.6 Å². The standard InChI is InChI=1S/C43H48ClFN10O4/c1-27-21-43(26-54(27)30-3-2-28(22-46)34(44)18-30)8-12-51(13-9-43)31-23-47-38(48-24-31)25-50-14-16-52(17-15-50)29-6-10-53(11-7-29)37-20-33-32(19-35(37)45)41(58)55(42(33)59)36-4-5-39(56)49-40(36)57/h2-3,18-20,23-24,27,29,36H,4-17,21,25-26H2,1H3,(H,49,56,57)/t27-,36?/m0/s1. The van der Waals surface area contributed by atoms with Crippen molar-refractivity contribution in [3.8, 4) is 6.07 Å². The van der Waals surface area contributed by atoms with Crippen molar-refractivity contribution in [1.82, 2.24) is 30.0 Å². The van der Waals surface area contributed by atoms with Gasteiger partial charge in [-0.2, -0.15) is 5.26 Å². The number of carbonyl (C=O) groups is 4. The Bertz CT molecular complexity index is 2210. The summed E-state index contributed by atoms with van der Waals surface area (Å²) in [4.78, 5) is 72.7. The molecule has 2 atom stereocenters. The van der Waals surface area contributed by atoms with Crippen molar-refractivity contribution in [2.45, 2.75) is 76.5 Å². The lowest BCUT2D eigenvalue weighted by Gasteiger charge is -2.43. The van der Waals surface area contributed by atoms with Gasteiger partial charge in [-0.1, -0.05) is 11.6 Å². The average molecular weight is 823 g/mol. The molecule has 0 bridgehead atoms. The van der Waals surface area contributed by atoms with Gasteiger partial charge in [-0.3, -0.25) is 39.2 Å². The van der Waals surface area contributed by atoms with Gasteiger partial charge in [0, 0.05) is 83.1 Å². The molecule has 1 aromatic heterocycles. The second-order valence-corrected chi connectivity index (χ2v) is 17.5. The number of fused-ring (bicyclic) bond motifs is 1. The number of amides is 4. The molecule has 3 aromatic rings. The van der Waals surface area contributed by atoms with E-state index in [9.17, 15) is 24.4 Å². The zero-order chi connectivity index (χ0) is 41.0. The van der Waals surface area contributed by atoms with Gasteiger partial charge in [-0.15, -0.1) is 0 Å². The Kier molecular flexibility index (Phi) is 10.5. The smallest absolute Gasteiger partial charge is 0.262 e. The Labute approximate surface area is 347 Å². The number of nitrogens with zero attached hydrogens (tertiary/aromatic N) is 9. The number of carbonyl (C=O) groups excluding carboxylic acids is 4. The summed E-state index contributed by atoms with van der Waals surface area (Å²) < 4.78 is 15.5. The normalized spacial score (nSPS) is 24.2. The number of piperazine rings is 1. The number of rotatable bonds is 7. The fourth-order valence-corrected chi connectivity index (χ4v) is 10.5. The second-order valence-electron chi connectivity index (χ2n) is 17.1. The van der Waals surface area contributed by atoms with Crippen molar-refractivity contribution in [2.75, 3.05) is 73.6 Å². The number of hydrogen-bond acceptors (Lipinski definition) is 12. The van der Waals surface area contributed by atoms with Gasteiger partial charge in [0.15, 0.2) is 0 Å². The van der Waals surface area contributed by atoms with E-state index in [1.54, 1.807) is 0 Å². The lowest BCUT2D eigenvalue weighted by Crippen LogP contribution is -2.54. The van der Waals surface area contributed by atoms with Crippen molar-refractivity contribution in [3.63, 3.8) is 0 Å². The van der Waals surface area contributed by atoms with E-state index in [4.69, 9.17) is 21.6 Å². The van der Waals surface area contributed by atoms with Crippen LogP contribution in [0.4, 0.5) is 21.5 Å². The lowest BCUT2D eigenvalue weighted by molar-refractivity contribution is -0.136. The van der Waals surface area contributed by atoms with Crippen LogP contribution < -0.4 is 20.0 Å². The number of halogens is 2. The lowest BCUT2D eigenvalue weighted by atomic mass is 9.76. The van der Waals surface area contributed by atoms with Gasteiger partial charge < -0.3 is 14.7 Å². The topological polar surface area (TPSA) is 149 Å². The van der Waals surface area contributed by atoms with Gasteiger partial charge in [-0.25, -0.2) is 14.4 Å². The number of benzene rings is 2. The predicted octanol–water partition coefficient (Wildman–Crippen LogP) is 4.21. The molecule has 0 radical (unpaired) electrons. The first-order chi connectivity index (χ1) is 28.5. The number of anilines is 3.